The molecule has 0 saturated carbocycles. The third-order valence-electron chi connectivity index (χ3n) is 4.95. The first-order chi connectivity index (χ1) is 13.3. The van der Waals surface area contributed by atoms with Crippen LogP contribution < -0.4 is 16.3 Å². The van der Waals surface area contributed by atoms with E-state index in [0.29, 0.717) is 16.3 Å². The fourth-order valence-corrected chi connectivity index (χ4v) is 3.66. The zero-order valence-corrected chi connectivity index (χ0v) is 16.9. The molecule has 2 aromatic rings. The predicted octanol–water partition coefficient (Wildman–Crippen LogP) is 4.33. The molecule has 0 radical (unpaired) electrons. The van der Waals surface area contributed by atoms with Crippen molar-refractivity contribution in [1.29, 1.82) is 0 Å². The lowest BCUT2D eigenvalue weighted by Gasteiger charge is -2.31. The molecule has 0 spiro atoms. The van der Waals surface area contributed by atoms with E-state index in [1.807, 2.05) is 36.1 Å². The molecule has 8 heteroatoms. The normalized spacial score (nSPS) is 17.6. The Morgan fingerprint density at radius 3 is 2.71 bits per heavy atom. The lowest BCUT2D eigenvalue weighted by molar-refractivity contribution is -0.248. The zero-order chi connectivity index (χ0) is 20.5. The van der Waals surface area contributed by atoms with Crippen molar-refractivity contribution in [1.82, 2.24) is 0 Å². The molecule has 0 saturated heterocycles. The Hall–Kier alpha value is -2.29. The van der Waals surface area contributed by atoms with Gasteiger partial charge in [0.15, 0.2) is 6.23 Å². The highest BCUT2D eigenvalue weighted by molar-refractivity contribution is 6.30. The lowest BCUT2D eigenvalue weighted by atomic mass is 9.83. The molecular weight excluding hydrogens is 382 g/mol. The van der Waals surface area contributed by atoms with E-state index < -0.39 is 11.6 Å². The van der Waals surface area contributed by atoms with Crippen LogP contribution in [0.25, 0.3) is 6.08 Å². The first-order valence-electron chi connectivity index (χ1n) is 8.76. The number of nitrogens with zero attached hydrogens (tertiary/aromatic N) is 1. The highest BCUT2D eigenvalue weighted by atomic mass is 35.5. The minimum absolute atomic E-state index is 0.0260. The van der Waals surface area contributed by atoms with E-state index in [9.17, 15) is 5.11 Å². The number of phenols is 1. The Labute approximate surface area is 169 Å². The number of phenolic OH excluding ortho intramolecular Hbond substituents is 1. The number of allylic oxidation sites excluding steroid dienone is 1. The van der Waals surface area contributed by atoms with E-state index in [4.69, 9.17) is 27.3 Å². The summed E-state index contributed by atoms with van der Waals surface area (Å²) in [5.74, 6) is 5.53. The molecule has 1 atom stereocenters. The van der Waals surface area contributed by atoms with Crippen LogP contribution in [-0.2, 0) is 20.1 Å². The lowest BCUT2D eigenvalue weighted by Crippen LogP contribution is -2.37. The van der Waals surface area contributed by atoms with Gasteiger partial charge in [-0.1, -0.05) is 37.6 Å². The Morgan fingerprint density at radius 1 is 1.29 bits per heavy atom. The van der Waals surface area contributed by atoms with Gasteiger partial charge in [-0.2, -0.15) is 0 Å². The van der Waals surface area contributed by atoms with Crippen molar-refractivity contribution in [2.45, 2.75) is 32.4 Å². The quantitative estimate of drug-likeness (QED) is 0.374. The fourth-order valence-electron chi connectivity index (χ4n) is 3.48. The smallest absolute Gasteiger partial charge is 0.151 e. The van der Waals surface area contributed by atoms with Gasteiger partial charge in [-0.3, -0.25) is 4.84 Å². The van der Waals surface area contributed by atoms with Crippen LogP contribution in [0.5, 0.6) is 5.75 Å². The summed E-state index contributed by atoms with van der Waals surface area (Å²) in [4.78, 5) is 16.4. The molecule has 0 aliphatic carbocycles. The van der Waals surface area contributed by atoms with Crippen molar-refractivity contribution < 1.29 is 19.8 Å². The molecule has 1 aliphatic heterocycles. The van der Waals surface area contributed by atoms with E-state index in [0.717, 1.165) is 16.9 Å². The zero-order valence-electron chi connectivity index (χ0n) is 16.2. The van der Waals surface area contributed by atoms with Gasteiger partial charge in [-0.25, -0.2) is 16.3 Å². The van der Waals surface area contributed by atoms with Crippen LogP contribution in [0.2, 0.25) is 5.02 Å². The van der Waals surface area contributed by atoms with Crippen LogP contribution in [0.4, 0.5) is 11.4 Å². The van der Waals surface area contributed by atoms with Gasteiger partial charge in [-0.05, 0) is 42.8 Å². The minimum atomic E-state index is -0.423. The Balaban J connectivity index is 2.14. The first kappa shape index (κ1) is 20.4. The number of halogens is 1. The number of hydrogen-bond acceptors (Lipinski definition) is 7. The molecular formula is C20H24ClN3O4. The number of nitrogens with one attached hydrogen (secondary N) is 1. The summed E-state index contributed by atoms with van der Waals surface area (Å²) in [6.07, 6.45) is 1.48. The Kier molecular flexibility index (Phi) is 5.83. The van der Waals surface area contributed by atoms with Crippen molar-refractivity contribution in [3.05, 3.63) is 58.2 Å². The average Bonchev–Trinajstić information content (AvgIpc) is 2.88. The summed E-state index contributed by atoms with van der Waals surface area (Å²) in [6, 6.07) is 11.0. The van der Waals surface area contributed by atoms with Gasteiger partial charge >= 0.3 is 0 Å². The predicted molar refractivity (Wildman–Crippen MR) is 109 cm³/mol. The molecule has 4 N–H and O–H groups in total. The van der Waals surface area contributed by atoms with Gasteiger partial charge in [0.2, 0.25) is 0 Å². The second kappa shape index (κ2) is 7.98. The molecule has 0 bridgehead atoms. The average molecular weight is 406 g/mol. The van der Waals surface area contributed by atoms with E-state index in [-0.39, 0.29) is 5.75 Å². The molecule has 0 aromatic heterocycles. The maximum absolute atomic E-state index is 10.7. The third kappa shape index (κ3) is 3.55. The molecule has 0 fully saturated rings. The van der Waals surface area contributed by atoms with Crippen LogP contribution in [0.15, 0.2) is 42.1 Å². The standard InChI is InChI=1S/C20H24ClN3O4/c1-12(27-22)24-17-9-8-14(21)11-15(17)20(2,3)18(24)10-13-6-5-7-16(19(13)25)23-28-26-4/h5-12,23,25H,22H2,1-4H3/b18-10+. The molecule has 150 valence electrons. The Bertz CT molecular complexity index is 901. The molecule has 1 aliphatic rings. The summed E-state index contributed by atoms with van der Waals surface area (Å²) < 4.78 is 0. The van der Waals surface area contributed by atoms with Gasteiger partial charge in [-0.15, -0.1) is 4.99 Å². The second-order valence-corrected chi connectivity index (χ2v) is 7.45. The second-order valence-electron chi connectivity index (χ2n) is 7.02. The third-order valence-corrected chi connectivity index (χ3v) is 5.18. The number of aromatic hydroxyl groups is 1. The molecule has 7 nitrogen and oxygen atoms in total. The van der Waals surface area contributed by atoms with Gasteiger partial charge in [0, 0.05) is 27.4 Å². The summed E-state index contributed by atoms with van der Waals surface area (Å²) >= 11 is 6.25. The number of benzene rings is 2. The van der Waals surface area contributed by atoms with E-state index in [1.54, 1.807) is 18.2 Å². The van der Waals surface area contributed by atoms with Crippen molar-refractivity contribution in [2.75, 3.05) is 17.5 Å². The van der Waals surface area contributed by atoms with Crippen molar-refractivity contribution in [3.8, 4) is 5.75 Å². The van der Waals surface area contributed by atoms with Crippen LogP contribution >= 0.6 is 11.6 Å². The maximum Gasteiger partial charge on any atom is 0.151 e. The minimum Gasteiger partial charge on any atom is -0.505 e. The molecule has 28 heavy (non-hydrogen) atoms. The monoisotopic (exact) mass is 405 g/mol. The summed E-state index contributed by atoms with van der Waals surface area (Å²) in [7, 11) is 1.37. The van der Waals surface area contributed by atoms with Crippen LogP contribution in [0, 0.1) is 0 Å². The van der Waals surface area contributed by atoms with E-state index in [2.05, 4.69) is 24.2 Å². The topological polar surface area (TPSA) is 89.2 Å². The Morgan fingerprint density at radius 2 is 2.04 bits per heavy atom. The van der Waals surface area contributed by atoms with Crippen molar-refractivity contribution in [2.24, 2.45) is 5.90 Å². The highest BCUT2D eigenvalue weighted by Gasteiger charge is 2.42. The summed E-state index contributed by atoms with van der Waals surface area (Å²) in [6.45, 7) is 6.03. The summed E-state index contributed by atoms with van der Waals surface area (Å²) in [5, 5.41) is 11.3. The number of hydrogen-bond donors (Lipinski definition) is 3. The van der Waals surface area contributed by atoms with Gasteiger partial charge in [0.1, 0.15) is 11.4 Å². The van der Waals surface area contributed by atoms with Gasteiger partial charge < -0.3 is 10.0 Å². The molecule has 1 heterocycles. The van der Waals surface area contributed by atoms with Gasteiger partial charge in [0.05, 0.1) is 7.11 Å². The first-order valence-corrected chi connectivity index (χ1v) is 9.13. The SMILES string of the molecule is COONc1cccc(/C=C2/N(C(C)ON)c3ccc(Cl)cc3C2(C)C)c1O. The molecule has 0 amide bonds. The number of nitrogens with two attached hydrogens (primary N) is 1. The molecule has 2 aromatic carbocycles. The van der Waals surface area contributed by atoms with Crippen LogP contribution in [-0.4, -0.2) is 18.4 Å². The number of rotatable bonds is 6. The number of anilines is 2. The number of fused-ring (bicyclic) bond motifs is 1. The van der Waals surface area contributed by atoms with E-state index >= 15 is 0 Å². The van der Waals surface area contributed by atoms with E-state index in [1.165, 1.54) is 7.11 Å². The largest absolute Gasteiger partial charge is 0.505 e. The highest BCUT2D eigenvalue weighted by Crippen LogP contribution is 2.50. The van der Waals surface area contributed by atoms with Crippen molar-refractivity contribution in [3.63, 3.8) is 0 Å². The van der Waals surface area contributed by atoms with Crippen molar-refractivity contribution >= 4 is 29.1 Å². The van der Waals surface area contributed by atoms with Gasteiger partial charge in [0.25, 0.3) is 0 Å². The maximum atomic E-state index is 10.7. The summed E-state index contributed by atoms with van der Waals surface area (Å²) in [5.41, 5.74) is 6.03. The molecule has 3 rings (SSSR count). The van der Waals surface area contributed by atoms with Crippen LogP contribution in [0.3, 0.4) is 0 Å². The number of para-hydroxylation sites is 1. The fraction of sp³-hybridized carbons (Fsp3) is 0.300. The van der Waals surface area contributed by atoms with Crippen LogP contribution in [0.1, 0.15) is 31.9 Å². The molecule has 1 unspecified atom stereocenters.